The van der Waals surface area contributed by atoms with Crippen molar-refractivity contribution >= 4 is 22.8 Å². The summed E-state index contributed by atoms with van der Waals surface area (Å²) in [5.41, 5.74) is 3.63. The maximum atomic E-state index is 13.0. The van der Waals surface area contributed by atoms with Crippen molar-refractivity contribution < 1.29 is 14.3 Å². The molecule has 1 aromatic heterocycles. The largest absolute Gasteiger partial charge is 0.378 e. The van der Waals surface area contributed by atoms with Gasteiger partial charge in [0.25, 0.3) is 5.91 Å². The molecule has 2 aromatic carbocycles. The Morgan fingerprint density at radius 3 is 2.31 bits per heavy atom. The molecule has 0 spiro atoms. The van der Waals surface area contributed by atoms with Crippen molar-refractivity contribution in [1.29, 1.82) is 0 Å². The van der Waals surface area contributed by atoms with Crippen LogP contribution in [0.3, 0.4) is 0 Å². The zero-order chi connectivity index (χ0) is 21.9. The first kappa shape index (κ1) is 20.7. The maximum absolute atomic E-state index is 13.0. The van der Waals surface area contributed by atoms with E-state index in [4.69, 9.17) is 4.74 Å². The number of benzene rings is 2. The van der Waals surface area contributed by atoms with Crippen molar-refractivity contribution in [3.8, 4) is 5.69 Å². The highest BCUT2D eigenvalue weighted by Crippen LogP contribution is 2.19. The molecule has 0 atom stereocenters. The quantitative estimate of drug-likeness (QED) is 0.626. The molecule has 0 radical (unpaired) electrons. The molecule has 2 aliphatic rings. The van der Waals surface area contributed by atoms with E-state index in [1.807, 2.05) is 62.9 Å². The lowest BCUT2D eigenvalue weighted by Crippen LogP contribution is -2.52. The normalized spacial score (nSPS) is 17.6. The summed E-state index contributed by atoms with van der Waals surface area (Å²) in [4.78, 5) is 35.7. The van der Waals surface area contributed by atoms with Gasteiger partial charge in [-0.1, -0.05) is 12.1 Å². The molecule has 8 nitrogen and oxygen atoms in total. The summed E-state index contributed by atoms with van der Waals surface area (Å²) >= 11 is 0. The molecule has 3 heterocycles. The topological polar surface area (TPSA) is 70.9 Å². The second-order valence-electron chi connectivity index (χ2n) is 8.21. The number of carbonyl (C=O) groups excluding carboxylic acids is 2. The average molecular weight is 434 g/mol. The van der Waals surface area contributed by atoms with Crippen LogP contribution in [-0.2, 0) is 9.53 Å². The molecule has 5 rings (SSSR count). The lowest BCUT2D eigenvalue weighted by atomic mass is 10.1. The average Bonchev–Trinajstić information content (AvgIpc) is 3.29. The van der Waals surface area contributed by atoms with E-state index >= 15 is 0 Å². The fourth-order valence-electron chi connectivity index (χ4n) is 4.33. The first-order valence-corrected chi connectivity index (χ1v) is 11.1. The van der Waals surface area contributed by atoms with Crippen LogP contribution in [0, 0.1) is 0 Å². The molecule has 2 aliphatic heterocycles. The third-order valence-electron chi connectivity index (χ3n) is 6.23. The summed E-state index contributed by atoms with van der Waals surface area (Å²) in [6.07, 6.45) is 1.80. The Morgan fingerprint density at radius 1 is 0.844 bits per heavy atom. The Kier molecular flexibility index (Phi) is 5.87. The van der Waals surface area contributed by atoms with Gasteiger partial charge in [-0.25, -0.2) is 4.98 Å². The van der Waals surface area contributed by atoms with Crippen molar-refractivity contribution in [2.24, 2.45) is 0 Å². The molecule has 32 heavy (non-hydrogen) atoms. The minimum atomic E-state index is 0.0335. The summed E-state index contributed by atoms with van der Waals surface area (Å²) in [6, 6.07) is 15.6. The van der Waals surface area contributed by atoms with Crippen molar-refractivity contribution in [3.05, 3.63) is 60.4 Å². The first-order valence-electron chi connectivity index (χ1n) is 11.1. The number of aromatic nitrogens is 2. The number of amides is 2. The summed E-state index contributed by atoms with van der Waals surface area (Å²) in [5, 5.41) is 0. The zero-order valence-corrected chi connectivity index (χ0v) is 18.0. The van der Waals surface area contributed by atoms with Crippen LogP contribution in [0.15, 0.2) is 54.9 Å². The first-order chi connectivity index (χ1) is 15.7. The van der Waals surface area contributed by atoms with Gasteiger partial charge >= 0.3 is 0 Å². The molecule has 3 aromatic rings. The van der Waals surface area contributed by atoms with E-state index in [1.165, 1.54) is 0 Å². The number of hydrogen-bond donors (Lipinski definition) is 0. The molecule has 2 amide bonds. The Balaban J connectivity index is 1.18. The molecule has 0 unspecified atom stereocenters. The number of carbonyl (C=O) groups is 2. The maximum Gasteiger partial charge on any atom is 0.253 e. The van der Waals surface area contributed by atoms with Gasteiger partial charge < -0.3 is 14.5 Å². The van der Waals surface area contributed by atoms with Crippen molar-refractivity contribution in [2.75, 3.05) is 59.0 Å². The monoisotopic (exact) mass is 433 g/mol. The van der Waals surface area contributed by atoms with E-state index in [1.54, 1.807) is 6.33 Å². The van der Waals surface area contributed by atoms with Crippen molar-refractivity contribution in [2.45, 2.75) is 0 Å². The Hall–Kier alpha value is -3.23. The van der Waals surface area contributed by atoms with Crippen LogP contribution < -0.4 is 0 Å². The van der Waals surface area contributed by atoms with Gasteiger partial charge in [0.15, 0.2) is 0 Å². The van der Waals surface area contributed by atoms with Gasteiger partial charge in [-0.05, 0) is 36.4 Å². The highest BCUT2D eigenvalue weighted by atomic mass is 16.5. The molecule has 0 aliphatic carbocycles. The number of rotatable bonds is 4. The van der Waals surface area contributed by atoms with E-state index in [0.717, 1.165) is 16.7 Å². The van der Waals surface area contributed by atoms with Gasteiger partial charge in [-0.15, -0.1) is 0 Å². The van der Waals surface area contributed by atoms with Crippen LogP contribution >= 0.6 is 0 Å². The van der Waals surface area contributed by atoms with E-state index in [9.17, 15) is 9.59 Å². The predicted octanol–water partition coefficient (Wildman–Crippen LogP) is 1.64. The van der Waals surface area contributed by atoms with Crippen LogP contribution in [0.25, 0.3) is 16.7 Å². The van der Waals surface area contributed by atoms with E-state index in [-0.39, 0.29) is 11.8 Å². The number of para-hydroxylation sites is 2. The molecule has 0 saturated carbocycles. The van der Waals surface area contributed by atoms with E-state index < -0.39 is 0 Å². The predicted molar refractivity (Wildman–Crippen MR) is 121 cm³/mol. The van der Waals surface area contributed by atoms with Crippen LogP contribution in [0.4, 0.5) is 0 Å². The van der Waals surface area contributed by atoms with Crippen molar-refractivity contribution in [1.82, 2.24) is 24.3 Å². The highest BCUT2D eigenvalue weighted by Gasteiger charge is 2.25. The third-order valence-corrected chi connectivity index (χ3v) is 6.23. The second-order valence-corrected chi connectivity index (χ2v) is 8.21. The van der Waals surface area contributed by atoms with Crippen LogP contribution in [0.1, 0.15) is 10.4 Å². The minimum Gasteiger partial charge on any atom is -0.378 e. The Morgan fingerprint density at radius 2 is 1.56 bits per heavy atom. The zero-order valence-electron chi connectivity index (χ0n) is 18.0. The number of morpholine rings is 1. The molecule has 166 valence electrons. The summed E-state index contributed by atoms with van der Waals surface area (Å²) < 4.78 is 7.34. The minimum absolute atomic E-state index is 0.0335. The second kappa shape index (κ2) is 9.10. The number of nitrogens with zero attached hydrogens (tertiary/aromatic N) is 5. The van der Waals surface area contributed by atoms with Gasteiger partial charge in [-0.2, -0.15) is 0 Å². The van der Waals surface area contributed by atoms with Gasteiger partial charge in [0.1, 0.15) is 6.33 Å². The van der Waals surface area contributed by atoms with E-state index in [2.05, 4.69) is 9.88 Å². The SMILES string of the molecule is O=C(CN1CCN(C(=O)c2ccc(-n3cnc4ccccc43)cc2)CC1)N1CCOCC1. The molecule has 0 bridgehead atoms. The Labute approximate surface area is 187 Å². The van der Waals surface area contributed by atoms with Crippen LogP contribution in [-0.4, -0.2) is 95.1 Å². The molecule has 2 fully saturated rings. The fraction of sp³-hybridized carbons (Fsp3) is 0.375. The van der Waals surface area contributed by atoms with Crippen LogP contribution in [0.2, 0.25) is 0 Å². The number of fused-ring (bicyclic) bond motifs is 1. The fourth-order valence-corrected chi connectivity index (χ4v) is 4.33. The van der Waals surface area contributed by atoms with Crippen molar-refractivity contribution in [3.63, 3.8) is 0 Å². The standard InChI is InChI=1S/C24H27N5O3/c30-23(27-13-15-32-16-14-27)17-26-9-11-28(12-10-26)24(31)19-5-7-20(8-6-19)29-18-25-21-3-1-2-4-22(21)29/h1-8,18H,9-17H2. The molecule has 8 heteroatoms. The van der Waals surface area contributed by atoms with Gasteiger partial charge in [0.2, 0.25) is 5.91 Å². The van der Waals surface area contributed by atoms with Gasteiger partial charge in [0.05, 0.1) is 30.8 Å². The smallest absolute Gasteiger partial charge is 0.253 e. The number of imidazole rings is 1. The summed E-state index contributed by atoms with van der Waals surface area (Å²) in [5.74, 6) is 0.182. The third kappa shape index (κ3) is 4.24. The number of piperazine rings is 1. The lowest BCUT2D eigenvalue weighted by Gasteiger charge is -2.36. The number of hydrogen-bond acceptors (Lipinski definition) is 5. The Bertz CT molecular complexity index is 1100. The van der Waals surface area contributed by atoms with Crippen LogP contribution in [0.5, 0.6) is 0 Å². The van der Waals surface area contributed by atoms with Gasteiger partial charge in [0, 0.05) is 50.5 Å². The lowest BCUT2D eigenvalue weighted by molar-refractivity contribution is -0.136. The molecular weight excluding hydrogens is 406 g/mol. The molecule has 2 saturated heterocycles. The summed E-state index contributed by atoms with van der Waals surface area (Å²) in [7, 11) is 0. The highest BCUT2D eigenvalue weighted by molar-refractivity contribution is 5.94. The summed E-state index contributed by atoms with van der Waals surface area (Å²) in [6.45, 7) is 5.65. The molecule has 0 N–H and O–H groups in total. The van der Waals surface area contributed by atoms with E-state index in [0.29, 0.717) is 64.6 Å². The number of ether oxygens (including phenoxy) is 1. The molecular formula is C24H27N5O3. The van der Waals surface area contributed by atoms with Gasteiger partial charge in [-0.3, -0.25) is 19.1 Å².